The van der Waals surface area contributed by atoms with Gasteiger partial charge in [0.2, 0.25) is 0 Å². The van der Waals surface area contributed by atoms with Gasteiger partial charge < -0.3 is 10.3 Å². The van der Waals surface area contributed by atoms with Crippen molar-refractivity contribution in [3.05, 3.63) is 10.7 Å². The molecule has 5 heteroatoms. The predicted octanol–water partition coefficient (Wildman–Crippen LogP) is 2.82. The highest BCUT2D eigenvalue weighted by Crippen LogP contribution is 2.31. The first-order valence-electron chi connectivity index (χ1n) is 5.90. The Morgan fingerprint density at radius 3 is 2.38 bits per heavy atom. The van der Waals surface area contributed by atoms with E-state index in [0.29, 0.717) is 6.54 Å². The summed E-state index contributed by atoms with van der Waals surface area (Å²) in [5, 5.41) is 2.77. The lowest BCUT2D eigenvalue weighted by molar-refractivity contribution is 0.234. The molecule has 0 spiro atoms. The van der Waals surface area contributed by atoms with Crippen molar-refractivity contribution in [2.45, 2.75) is 46.0 Å². The molecular weight excluding hydrogens is 222 g/mol. The van der Waals surface area contributed by atoms with E-state index in [9.17, 15) is 0 Å². The molecule has 0 aliphatic heterocycles. The van der Waals surface area contributed by atoms with Crippen LogP contribution < -0.4 is 5.73 Å². The molecule has 1 aromatic rings. The van der Waals surface area contributed by atoms with Crippen LogP contribution in [-0.2, 0) is 6.42 Å². The average Bonchev–Trinajstić information content (AvgIpc) is 2.64. The third-order valence-electron chi connectivity index (χ3n) is 3.02. The van der Waals surface area contributed by atoms with Gasteiger partial charge in [-0.3, -0.25) is 0 Å². The summed E-state index contributed by atoms with van der Waals surface area (Å²) in [5.41, 5.74) is 6.07. The molecule has 0 unspecified atom stereocenters. The normalized spacial score (nSPS) is 11.9. The predicted molar refractivity (Wildman–Crippen MR) is 66.7 cm³/mol. The van der Waals surface area contributed by atoms with Crippen molar-refractivity contribution in [3.8, 4) is 0 Å². The van der Waals surface area contributed by atoms with Crippen LogP contribution in [0.15, 0.2) is 4.52 Å². The first kappa shape index (κ1) is 13.4. The van der Waals surface area contributed by atoms with Crippen LogP contribution >= 0.6 is 12.2 Å². The van der Waals surface area contributed by atoms with E-state index in [2.05, 4.69) is 24.0 Å². The first-order valence-corrected chi connectivity index (χ1v) is 6.31. The Hall–Kier alpha value is -0.680. The number of rotatable bonds is 7. The smallest absolute Gasteiger partial charge is 0.314 e. The van der Waals surface area contributed by atoms with Crippen molar-refractivity contribution in [2.24, 2.45) is 11.1 Å². The van der Waals surface area contributed by atoms with E-state index in [-0.39, 0.29) is 10.3 Å². The Balaban J connectivity index is 2.79. The molecule has 0 saturated carbocycles. The van der Waals surface area contributed by atoms with Gasteiger partial charge in [0.05, 0.1) is 0 Å². The first-order chi connectivity index (χ1) is 7.65. The third-order valence-corrected chi connectivity index (χ3v) is 3.19. The number of nitrogens with zero attached hydrogens (tertiary/aromatic N) is 1. The minimum absolute atomic E-state index is 0.138. The van der Waals surface area contributed by atoms with E-state index >= 15 is 0 Å². The number of hydrogen-bond donors (Lipinski definition) is 2. The van der Waals surface area contributed by atoms with Gasteiger partial charge >= 0.3 is 4.84 Å². The zero-order chi connectivity index (χ0) is 12.0. The summed E-state index contributed by atoms with van der Waals surface area (Å²) < 4.78 is 4.95. The molecule has 0 radical (unpaired) electrons. The summed E-state index contributed by atoms with van der Waals surface area (Å²) in [6, 6.07) is 0. The average molecular weight is 243 g/mol. The van der Waals surface area contributed by atoms with Crippen molar-refractivity contribution in [1.82, 2.24) is 10.1 Å². The van der Waals surface area contributed by atoms with Crippen molar-refractivity contribution in [2.75, 3.05) is 6.54 Å². The maximum atomic E-state index is 5.94. The minimum Gasteiger partial charge on any atom is -0.348 e. The van der Waals surface area contributed by atoms with Crippen molar-refractivity contribution in [3.63, 3.8) is 0 Å². The molecule has 0 atom stereocenters. The Kier molecular flexibility index (Phi) is 5.15. The molecular formula is C11H21N3OS. The summed E-state index contributed by atoms with van der Waals surface area (Å²) in [5.74, 6) is 0.817. The van der Waals surface area contributed by atoms with Gasteiger partial charge in [-0.2, -0.15) is 4.98 Å². The number of nitrogens with two attached hydrogens (primary N) is 1. The fourth-order valence-electron chi connectivity index (χ4n) is 2.33. The third kappa shape index (κ3) is 3.42. The Bertz CT molecular complexity index is 352. The lowest BCUT2D eigenvalue weighted by Crippen LogP contribution is -2.33. The minimum atomic E-state index is 0.138. The molecule has 0 saturated heterocycles. The zero-order valence-corrected chi connectivity index (χ0v) is 10.9. The molecule has 3 N–H and O–H groups in total. The van der Waals surface area contributed by atoms with E-state index in [1.807, 2.05) is 0 Å². The molecule has 0 aliphatic carbocycles. The molecule has 0 aromatic carbocycles. The van der Waals surface area contributed by atoms with Crippen LogP contribution in [0.3, 0.4) is 0 Å². The fourth-order valence-corrected chi connectivity index (χ4v) is 2.48. The van der Waals surface area contributed by atoms with Crippen LogP contribution in [0, 0.1) is 10.3 Å². The Morgan fingerprint density at radius 1 is 1.38 bits per heavy atom. The van der Waals surface area contributed by atoms with E-state index in [4.69, 9.17) is 22.5 Å². The SMILES string of the molecule is CCCC(CN)(CCC)Cc1nc(=S)o[nH]1. The molecule has 0 aliphatic rings. The molecule has 92 valence electrons. The molecule has 0 bridgehead atoms. The maximum absolute atomic E-state index is 5.94. The van der Waals surface area contributed by atoms with Crippen LogP contribution in [-0.4, -0.2) is 16.7 Å². The maximum Gasteiger partial charge on any atom is 0.314 e. The Morgan fingerprint density at radius 2 is 2.00 bits per heavy atom. The van der Waals surface area contributed by atoms with Gasteiger partial charge in [0.25, 0.3) is 0 Å². The molecule has 4 nitrogen and oxygen atoms in total. The second-order valence-electron chi connectivity index (χ2n) is 4.41. The van der Waals surface area contributed by atoms with Gasteiger partial charge in [0.15, 0.2) is 0 Å². The highest BCUT2D eigenvalue weighted by atomic mass is 32.1. The number of aromatic amines is 1. The van der Waals surface area contributed by atoms with Crippen LogP contribution in [0.5, 0.6) is 0 Å². The fraction of sp³-hybridized carbons (Fsp3) is 0.818. The number of H-pyrrole nitrogens is 1. The van der Waals surface area contributed by atoms with Gasteiger partial charge in [-0.1, -0.05) is 26.7 Å². The highest BCUT2D eigenvalue weighted by molar-refractivity contribution is 7.71. The lowest BCUT2D eigenvalue weighted by atomic mass is 9.76. The number of nitrogens with one attached hydrogen (secondary N) is 1. The van der Waals surface area contributed by atoms with Crippen LogP contribution in [0.25, 0.3) is 0 Å². The molecule has 1 heterocycles. The van der Waals surface area contributed by atoms with E-state index in [1.54, 1.807) is 0 Å². The molecule has 0 fully saturated rings. The van der Waals surface area contributed by atoms with E-state index in [1.165, 1.54) is 0 Å². The van der Waals surface area contributed by atoms with Crippen molar-refractivity contribution < 1.29 is 4.52 Å². The summed E-state index contributed by atoms with van der Waals surface area (Å²) in [6.45, 7) is 5.05. The number of aromatic nitrogens is 2. The lowest BCUT2D eigenvalue weighted by Gasteiger charge is -2.31. The summed E-state index contributed by atoms with van der Waals surface area (Å²) in [7, 11) is 0. The highest BCUT2D eigenvalue weighted by Gasteiger charge is 2.28. The van der Waals surface area contributed by atoms with Crippen LogP contribution in [0.1, 0.15) is 45.4 Å². The summed E-state index contributed by atoms with van der Waals surface area (Å²) in [4.78, 5) is 4.42. The van der Waals surface area contributed by atoms with Gasteiger partial charge in [0.1, 0.15) is 5.82 Å². The quantitative estimate of drug-likeness (QED) is 0.723. The van der Waals surface area contributed by atoms with E-state index in [0.717, 1.165) is 37.9 Å². The van der Waals surface area contributed by atoms with Gasteiger partial charge in [-0.25, -0.2) is 5.16 Å². The molecule has 0 amide bonds. The van der Waals surface area contributed by atoms with Crippen molar-refractivity contribution in [1.29, 1.82) is 0 Å². The molecule has 16 heavy (non-hydrogen) atoms. The monoisotopic (exact) mass is 243 g/mol. The van der Waals surface area contributed by atoms with Crippen molar-refractivity contribution >= 4 is 12.2 Å². The molecule has 1 aromatic heterocycles. The molecule has 1 rings (SSSR count). The van der Waals surface area contributed by atoms with E-state index < -0.39 is 0 Å². The summed E-state index contributed by atoms with van der Waals surface area (Å²) >= 11 is 4.85. The zero-order valence-electron chi connectivity index (χ0n) is 10.1. The summed E-state index contributed by atoms with van der Waals surface area (Å²) in [6.07, 6.45) is 5.33. The van der Waals surface area contributed by atoms with Crippen LogP contribution in [0.4, 0.5) is 0 Å². The Labute approximate surface area is 102 Å². The standard InChI is InChI=1S/C11H21N3OS/c1-3-5-11(8-12,6-4-2)7-9-13-10(16)15-14-9/h3-8,12H2,1-2H3,(H,13,14,16). The van der Waals surface area contributed by atoms with Gasteiger partial charge in [-0.05, 0) is 37.0 Å². The van der Waals surface area contributed by atoms with Crippen LogP contribution in [0.2, 0.25) is 0 Å². The topological polar surface area (TPSA) is 67.8 Å². The van der Waals surface area contributed by atoms with Gasteiger partial charge in [0, 0.05) is 6.42 Å². The van der Waals surface area contributed by atoms with Gasteiger partial charge in [-0.15, -0.1) is 0 Å². The second-order valence-corrected chi connectivity index (χ2v) is 4.76. The second kappa shape index (κ2) is 6.15. The largest absolute Gasteiger partial charge is 0.348 e. The number of hydrogen-bond acceptors (Lipinski definition) is 4.